The number of rotatable bonds is 7. The average molecular weight is 289 g/mol. The normalized spacial score (nSPS) is 12.3. The van der Waals surface area contributed by atoms with E-state index < -0.39 is 5.97 Å². The van der Waals surface area contributed by atoms with E-state index in [4.69, 9.17) is 5.11 Å². The smallest absolute Gasteiger partial charge is 0.328 e. The number of amides is 1. The van der Waals surface area contributed by atoms with Crippen molar-refractivity contribution in [3.05, 3.63) is 41.0 Å². The van der Waals surface area contributed by atoms with Gasteiger partial charge < -0.3 is 10.4 Å². The van der Waals surface area contributed by atoms with Gasteiger partial charge in [-0.3, -0.25) is 4.79 Å². The summed E-state index contributed by atoms with van der Waals surface area (Å²) in [5.74, 6) is -1.10. The van der Waals surface area contributed by atoms with Gasteiger partial charge >= 0.3 is 5.97 Å². The highest BCUT2D eigenvalue weighted by molar-refractivity contribution is 5.97. The van der Waals surface area contributed by atoms with Gasteiger partial charge in [-0.25, -0.2) is 4.79 Å². The van der Waals surface area contributed by atoms with Crippen molar-refractivity contribution < 1.29 is 14.7 Å². The Labute approximate surface area is 125 Å². The Balaban J connectivity index is 2.95. The van der Waals surface area contributed by atoms with E-state index in [1.165, 1.54) is 6.08 Å². The van der Waals surface area contributed by atoms with Crippen molar-refractivity contribution in [1.29, 1.82) is 0 Å². The standard InChI is InChI=1S/C17H23NO3/c1-4-7-14(5-2)18-17(21)15-9-6-8-13(12(15)3)10-11-16(19)20/h6,8-11,14H,4-5,7H2,1-3H3,(H,18,21)(H,19,20). The fourth-order valence-electron chi connectivity index (χ4n) is 2.23. The van der Waals surface area contributed by atoms with Crippen molar-refractivity contribution in [2.24, 2.45) is 0 Å². The first-order valence-corrected chi connectivity index (χ1v) is 7.31. The van der Waals surface area contributed by atoms with Gasteiger partial charge in [0.15, 0.2) is 0 Å². The first-order chi connectivity index (χ1) is 9.99. The molecule has 0 heterocycles. The predicted octanol–water partition coefficient (Wildman–Crippen LogP) is 3.40. The third-order valence-electron chi connectivity index (χ3n) is 3.49. The Kier molecular flexibility index (Phi) is 6.66. The number of nitrogens with one attached hydrogen (secondary N) is 1. The number of carboxylic acids is 1. The molecule has 0 saturated heterocycles. The summed E-state index contributed by atoms with van der Waals surface area (Å²) in [6, 6.07) is 5.51. The molecule has 0 aromatic heterocycles. The molecule has 1 unspecified atom stereocenters. The largest absolute Gasteiger partial charge is 0.478 e. The summed E-state index contributed by atoms with van der Waals surface area (Å²) in [5.41, 5.74) is 2.13. The van der Waals surface area contributed by atoms with Crippen LogP contribution in [0.1, 0.15) is 54.6 Å². The van der Waals surface area contributed by atoms with Crippen LogP contribution in [-0.4, -0.2) is 23.0 Å². The van der Waals surface area contributed by atoms with Gasteiger partial charge in [0.1, 0.15) is 0 Å². The summed E-state index contributed by atoms with van der Waals surface area (Å²) in [7, 11) is 0. The molecule has 0 saturated carbocycles. The topological polar surface area (TPSA) is 66.4 Å². The number of benzene rings is 1. The Morgan fingerprint density at radius 1 is 1.33 bits per heavy atom. The molecule has 4 heteroatoms. The van der Waals surface area contributed by atoms with Crippen molar-refractivity contribution in [2.75, 3.05) is 0 Å². The van der Waals surface area contributed by atoms with Gasteiger partial charge in [0.25, 0.3) is 5.91 Å². The van der Waals surface area contributed by atoms with Gasteiger partial charge in [-0.2, -0.15) is 0 Å². The first-order valence-electron chi connectivity index (χ1n) is 7.31. The average Bonchev–Trinajstić information content (AvgIpc) is 2.45. The SMILES string of the molecule is CCCC(CC)NC(=O)c1cccc(C=CC(=O)O)c1C. The minimum atomic E-state index is -1.00. The van der Waals surface area contributed by atoms with Crippen LogP contribution in [0.15, 0.2) is 24.3 Å². The molecule has 21 heavy (non-hydrogen) atoms. The summed E-state index contributed by atoms with van der Waals surface area (Å²) >= 11 is 0. The van der Waals surface area contributed by atoms with Crippen LogP contribution in [0.2, 0.25) is 0 Å². The van der Waals surface area contributed by atoms with Crippen molar-refractivity contribution in [3.8, 4) is 0 Å². The quantitative estimate of drug-likeness (QED) is 0.756. The van der Waals surface area contributed by atoms with Crippen LogP contribution in [0, 0.1) is 6.92 Å². The number of hydrogen-bond donors (Lipinski definition) is 2. The Bertz CT molecular complexity index is 535. The molecule has 1 aromatic carbocycles. The van der Waals surface area contributed by atoms with Crippen LogP contribution in [-0.2, 0) is 4.79 Å². The number of hydrogen-bond acceptors (Lipinski definition) is 2. The van der Waals surface area contributed by atoms with Gasteiger partial charge in [0, 0.05) is 17.7 Å². The second kappa shape index (κ2) is 8.25. The second-order valence-electron chi connectivity index (χ2n) is 5.06. The first kappa shape index (κ1) is 17.0. The van der Waals surface area contributed by atoms with E-state index in [1.54, 1.807) is 18.2 Å². The molecular formula is C17H23NO3. The van der Waals surface area contributed by atoms with Crippen molar-refractivity contribution in [1.82, 2.24) is 5.32 Å². The van der Waals surface area contributed by atoms with Crippen molar-refractivity contribution >= 4 is 18.0 Å². The van der Waals surface area contributed by atoms with E-state index in [9.17, 15) is 9.59 Å². The van der Waals surface area contributed by atoms with Crippen LogP contribution in [0.4, 0.5) is 0 Å². The van der Waals surface area contributed by atoms with E-state index >= 15 is 0 Å². The lowest BCUT2D eigenvalue weighted by Crippen LogP contribution is -2.34. The fraction of sp³-hybridized carbons (Fsp3) is 0.412. The summed E-state index contributed by atoms with van der Waals surface area (Å²) in [4.78, 5) is 22.9. The molecule has 0 bridgehead atoms. The highest BCUT2D eigenvalue weighted by atomic mass is 16.4. The maximum absolute atomic E-state index is 12.3. The second-order valence-corrected chi connectivity index (χ2v) is 5.06. The monoisotopic (exact) mass is 289 g/mol. The lowest BCUT2D eigenvalue weighted by Gasteiger charge is -2.17. The molecule has 0 aliphatic carbocycles. The molecular weight excluding hydrogens is 266 g/mol. The minimum Gasteiger partial charge on any atom is -0.478 e. The third kappa shape index (κ3) is 5.06. The van der Waals surface area contributed by atoms with Crippen molar-refractivity contribution in [3.63, 3.8) is 0 Å². The molecule has 4 nitrogen and oxygen atoms in total. The van der Waals surface area contributed by atoms with Gasteiger partial charge in [0.2, 0.25) is 0 Å². The highest BCUT2D eigenvalue weighted by Crippen LogP contribution is 2.16. The molecule has 1 rings (SSSR count). The van der Waals surface area contributed by atoms with Crippen LogP contribution in [0.5, 0.6) is 0 Å². The Morgan fingerprint density at radius 2 is 2.05 bits per heavy atom. The summed E-state index contributed by atoms with van der Waals surface area (Å²) in [5, 5.41) is 11.7. The van der Waals surface area contributed by atoms with Gasteiger partial charge in [-0.15, -0.1) is 0 Å². The summed E-state index contributed by atoms with van der Waals surface area (Å²) in [6.07, 6.45) is 5.48. The number of carbonyl (C=O) groups excluding carboxylic acids is 1. The zero-order chi connectivity index (χ0) is 15.8. The third-order valence-corrected chi connectivity index (χ3v) is 3.49. The molecule has 0 aliphatic rings. The summed E-state index contributed by atoms with van der Waals surface area (Å²) < 4.78 is 0. The van der Waals surface area contributed by atoms with Crippen LogP contribution < -0.4 is 5.32 Å². The van der Waals surface area contributed by atoms with Gasteiger partial charge in [-0.1, -0.05) is 32.4 Å². The van der Waals surface area contributed by atoms with E-state index in [0.717, 1.165) is 36.5 Å². The Hall–Kier alpha value is -2.10. The predicted molar refractivity (Wildman–Crippen MR) is 84.3 cm³/mol. The molecule has 1 amide bonds. The maximum Gasteiger partial charge on any atom is 0.328 e. The van der Waals surface area contributed by atoms with Crippen LogP contribution in [0.3, 0.4) is 0 Å². The molecule has 1 aromatic rings. The number of carboxylic acid groups (broad SMARTS) is 1. The summed E-state index contributed by atoms with van der Waals surface area (Å²) in [6.45, 7) is 5.98. The van der Waals surface area contributed by atoms with Crippen LogP contribution in [0.25, 0.3) is 6.08 Å². The molecule has 0 spiro atoms. The van der Waals surface area contributed by atoms with E-state index in [-0.39, 0.29) is 11.9 Å². The maximum atomic E-state index is 12.3. The molecule has 0 aliphatic heterocycles. The van der Waals surface area contributed by atoms with Gasteiger partial charge in [-0.05, 0) is 43.0 Å². The van der Waals surface area contributed by atoms with E-state index in [0.29, 0.717) is 5.56 Å². The molecule has 0 fully saturated rings. The number of carbonyl (C=O) groups is 2. The van der Waals surface area contributed by atoms with E-state index in [2.05, 4.69) is 19.2 Å². The molecule has 2 N–H and O–H groups in total. The minimum absolute atomic E-state index is 0.0987. The fourth-order valence-corrected chi connectivity index (χ4v) is 2.23. The lowest BCUT2D eigenvalue weighted by atomic mass is 10.0. The van der Waals surface area contributed by atoms with Crippen molar-refractivity contribution in [2.45, 2.75) is 46.1 Å². The zero-order valence-electron chi connectivity index (χ0n) is 12.8. The van der Waals surface area contributed by atoms with E-state index in [1.807, 2.05) is 6.92 Å². The zero-order valence-corrected chi connectivity index (χ0v) is 12.8. The molecule has 114 valence electrons. The molecule has 0 radical (unpaired) electrons. The molecule has 1 atom stereocenters. The van der Waals surface area contributed by atoms with Gasteiger partial charge in [0.05, 0.1) is 0 Å². The number of aliphatic carboxylic acids is 1. The lowest BCUT2D eigenvalue weighted by molar-refractivity contribution is -0.131. The Morgan fingerprint density at radius 3 is 2.62 bits per heavy atom. The highest BCUT2D eigenvalue weighted by Gasteiger charge is 2.14. The van der Waals surface area contributed by atoms with Crippen LogP contribution >= 0.6 is 0 Å².